The molecule has 0 saturated carbocycles. The largest absolute Gasteiger partial charge is 0.192 e. The van der Waals surface area contributed by atoms with E-state index < -0.39 is 20.1 Å². The Labute approximate surface area is 170 Å². The van der Waals surface area contributed by atoms with Crippen molar-refractivity contribution >= 4 is 30.8 Å². The van der Waals surface area contributed by atoms with Crippen molar-refractivity contribution in [2.24, 2.45) is 0 Å². The summed E-state index contributed by atoms with van der Waals surface area (Å²) in [5, 5.41) is 2.81. The summed E-state index contributed by atoms with van der Waals surface area (Å²) in [6.07, 6.45) is 9.78. The van der Waals surface area contributed by atoms with Crippen LogP contribution in [0.5, 0.6) is 0 Å². The number of benzene rings is 4. The fraction of sp³-hybridized carbons (Fsp3) is 0.154. The second kappa shape index (κ2) is 5.25. The van der Waals surface area contributed by atoms with Crippen LogP contribution in [0.4, 0.5) is 0 Å². The lowest BCUT2D eigenvalue weighted by molar-refractivity contribution is 1.45. The third-order valence-corrected chi connectivity index (χ3v) is 12.4. The first-order valence-electron chi connectivity index (χ1n) is 9.67. The van der Waals surface area contributed by atoms with E-state index in [0.29, 0.717) is 0 Å². The Balaban J connectivity index is 1.75. The van der Waals surface area contributed by atoms with Gasteiger partial charge in [-0.3, -0.25) is 0 Å². The summed E-state index contributed by atoms with van der Waals surface area (Å²) in [6.45, 7) is 0. The Morgan fingerprint density at radius 1 is 0.500 bits per heavy atom. The highest BCUT2D eigenvalue weighted by Crippen LogP contribution is 2.70. The lowest BCUT2D eigenvalue weighted by Gasteiger charge is -2.29. The zero-order valence-corrected chi connectivity index (χ0v) is 18.4. The molecule has 2 heteroatoms. The molecular weight excluding hydrogens is 376 g/mol. The Kier molecular flexibility index (Phi) is 3.15. The summed E-state index contributed by atoms with van der Waals surface area (Å²) < 4.78 is 0. The Hall–Kier alpha value is -2.16. The summed E-state index contributed by atoms with van der Waals surface area (Å²) in [4.78, 5) is 6.14. The van der Waals surface area contributed by atoms with Crippen LogP contribution in [-0.2, 0) is 0 Å². The van der Waals surface area contributed by atoms with E-state index in [1.165, 1.54) is 42.8 Å². The first-order chi connectivity index (χ1) is 13.4. The summed E-state index contributed by atoms with van der Waals surface area (Å²) in [5.74, 6) is 0. The van der Waals surface area contributed by atoms with Gasteiger partial charge in [-0.05, 0) is 82.8 Å². The van der Waals surface area contributed by atoms with Crippen molar-refractivity contribution in [2.75, 3.05) is 25.0 Å². The molecule has 0 amide bonds. The number of rotatable bonds is 0. The molecule has 0 atom stereocenters. The standard InChI is InChI=1S/C26H24S2/c1-27(2)23-12-8-6-10-19(23)26-20-16-21-18-9-5-7-11-22(18)28(3,4)25(21)15-17(20)13-14-24(26)27/h5-16H,1-4H3. The minimum atomic E-state index is -0.949. The highest BCUT2D eigenvalue weighted by molar-refractivity contribution is 8.33. The molecule has 2 heterocycles. The third kappa shape index (κ3) is 1.90. The van der Waals surface area contributed by atoms with Gasteiger partial charge in [0.25, 0.3) is 0 Å². The zero-order valence-electron chi connectivity index (χ0n) is 16.7. The highest BCUT2D eigenvalue weighted by Gasteiger charge is 2.35. The Morgan fingerprint density at radius 2 is 1.11 bits per heavy atom. The van der Waals surface area contributed by atoms with Crippen LogP contribution in [0, 0.1) is 0 Å². The molecule has 0 N–H and O–H groups in total. The van der Waals surface area contributed by atoms with E-state index in [-0.39, 0.29) is 0 Å². The van der Waals surface area contributed by atoms with E-state index in [0.717, 1.165) is 0 Å². The van der Waals surface area contributed by atoms with Crippen molar-refractivity contribution in [3.63, 3.8) is 0 Å². The predicted molar refractivity (Wildman–Crippen MR) is 127 cm³/mol. The molecule has 0 nitrogen and oxygen atoms in total. The van der Waals surface area contributed by atoms with Gasteiger partial charge in [0, 0.05) is 25.1 Å². The quantitative estimate of drug-likeness (QED) is 0.283. The number of fused-ring (bicyclic) bond motifs is 8. The molecule has 0 spiro atoms. The average Bonchev–Trinajstić information content (AvgIpc) is 3.07. The smallest absolute Gasteiger partial charge is 0.00299 e. The van der Waals surface area contributed by atoms with E-state index in [4.69, 9.17) is 0 Å². The molecule has 2 aliphatic rings. The minimum absolute atomic E-state index is 0.949. The SMILES string of the molecule is CS1(C)c2ccccc2-c2cc3c4c(ccc3cc21)S(C)(C)c1ccccc1-4. The zero-order chi connectivity index (χ0) is 19.3. The van der Waals surface area contributed by atoms with E-state index in [1.54, 1.807) is 9.79 Å². The summed E-state index contributed by atoms with van der Waals surface area (Å²) in [5.41, 5.74) is 5.82. The van der Waals surface area contributed by atoms with E-state index in [9.17, 15) is 0 Å². The van der Waals surface area contributed by atoms with Crippen LogP contribution in [0.2, 0.25) is 0 Å². The molecule has 0 radical (unpaired) electrons. The maximum atomic E-state index is 2.50. The van der Waals surface area contributed by atoms with E-state index in [1.807, 2.05) is 0 Å². The first-order valence-corrected chi connectivity index (χ1v) is 14.6. The fourth-order valence-corrected chi connectivity index (χ4v) is 10.2. The highest BCUT2D eigenvalue weighted by atomic mass is 32.3. The molecular formula is C26H24S2. The van der Waals surface area contributed by atoms with E-state index >= 15 is 0 Å². The van der Waals surface area contributed by atoms with Gasteiger partial charge >= 0.3 is 0 Å². The van der Waals surface area contributed by atoms with Gasteiger partial charge in [0.2, 0.25) is 0 Å². The maximum Gasteiger partial charge on any atom is 0.00299 e. The maximum absolute atomic E-state index is 2.50. The second-order valence-electron chi connectivity index (χ2n) is 8.65. The third-order valence-electron chi connectivity index (χ3n) is 6.61. The number of hydrogen-bond donors (Lipinski definition) is 0. The lowest BCUT2D eigenvalue weighted by Crippen LogP contribution is -1.94. The van der Waals surface area contributed by atoms with Crippen LogP contribution in [0.25, 0.3) is 33.0 Å². The molecule has 6 rings (SSSR count). The Morgan fingerprint density at radius 3 is 1.86 bits per heavy atom. The topological polar surface area (TPSA) is 0 Å². The first kappa shape index (κ1) is 16.8. The van der Waals surface area contributed by atoms with Crippen molar-refractivity contribution in [1.82, 2.24) is 0 Å². The van der Waals surface area contributed by atoms with Gasteiger partial charge in [-0.15, -0.1) is 0 Å². The molecule has 140 valence electrons. The van der Waals surface area contributed by atoms with Crippen molar-refractivity contribution in [3.8, 4) is 22.3 Å². The minimum Gasteiger partial charge on any atom is -0.192 e. The van der Waals surface area contributed by atoms with Gasteiger partial charge in [0.1, 0.15) is 0 Å². The molecule has 4 aromatic carbocycles. The van der Waals surface area contributed by atoms with Crippen molar-refractivity contribution in [1.29, 1.82) is 0 Å². The molecule has 0 bridgehead atoms. The second-order valence-corrected chi connectivity index (χ2v) is 15.7. The fourth-order valence-electron chi connectivity index (χ4n) is 5.16. The Bertz CT molecular complexity index is 1310. The van der Waals surface area contributed by atoms with Crippen LogP contribution >= 0.6 is 20.1 Å². The molecule has 0 saturated heterocycles. The monoisotopic (exact) mass is 400 g/mol. The average molecular weight is 401 g/mol. The number of hydrogen-bond acceptors (Lipinski definition) is 0. The van der Waals surface area contributed by atoms with Gasteiger partial charge in [-0.1, -0.05) is 42.5 Å². The van der Waals surface area contributed by atoms with Crippen molar-refractivity contribution in [3.05, 3.63) is 72.8 Å². The van der Waals surface area contributed by atoms with Crippen LogP contribution in [-0.4, -0.2) is 25.0 Å². The summed E-state index contributed by atoms with van der Waals surface area (Å²) in [6, 6.07) is 27.8. The van der Waals surface area contributed by atoms with Gasteiger partial charge in [-0.25, -0.2) is 0 Å². The van der Waals surface area contributed by atoms with Gasteiger partial charge < -0.3 is 0 Å². The lowest BCUT2D eigenvalue weighted by atomic mass is 9.95. The van der Waals surface area contributed by atoms with Crippen molar-refractivity contribution in [2.45, 2.75) is 19.6 Å². The summed E-state index contributed by atoms with van der Waals surface area (Å²) in [7, 11) is -1.90. The van der Waals surface area contributed by atoms with Crippen LogP contribution in [0.1, 0.15) is 0 Å². The van der Waals surface area contributed by atoms with Gasteiger partial charge in [0.05, 0.1) is 0 Å². The predicted octanol–water partition coefficient (Wildman–Crippen LogP) is 7.77. The van der Waals surface area contributed by atoms with Crippen molar-refractivity contribution < 1.29 is 0 Å². The summed E-state index contributed by atoms with van der Waals surface area (Å²) >= 11 is 0. The molecule has 4 aromatic rings. The van der Waals surface area contributed by atoms with E-state index in [2.05, 4.69) is 97.8 Å². The molecule has 2 aliphatic heterocycles. The molecule has 0 fully saturated rings. The molecule has 0 unspecified atom stereocenters. The molecule has 0 aromatic heterocycles. The molecule has 28 heavy (non-hydrogen) atoms. The van der Waals surface area contributed by atoms with Gasteiger partial charge in [-0.2, -0.15) is 20.1 Å². The van der Waals surface area contributed by atoms with Gasteiger partial charge in [0.15, 0.2) is 0 Å². The molecule has 0 aliphatic carbocycles. The van der Waals surface area contributed by atoms with Crippen LogP contribution in [0.15, 0.2) is 92.4 Å². The van der Waals surface area contributed by atoms with Crippen LogP contribution in [0.3, 0.4) is 0 Å². The van der Waals surface area contributed by atoms with Crippen LogP contribution < -0.4 is 0 Å². The normalized spacial score (nSPS) is 19.4.